The first kappa shape index (κ1) is 16.2. The highest BCUT2D eigenvalue weighted by Gasteiger charge is 2.12. The number of esters is 1. The van der Waals surface area contributed by atoms with Crippen LogP contribution in [0.1, 0.15) is 18.1 Å². The van der Waals surface area contributed by atoms with Crippen LogP contribution in [-0.4, -0.2) is 43.5 Å². The van der Waals surface area contributed by atoms with Crippen molar-refractivity contribution in [2.75, 3.05) is 32.1 Å². The molecular formula is C15H22N2O3. The van der Waals surface area contributed by atoms with Gasteiger partial charge in [-0.2, -0.15) is 0 Å². The average Bonchev–Trinajstić information content (AvgIpc) is 2.34. The van der Waals surface area contributed by atoms with Crippen molar-refractivity contribution in [3.63, 3.8) is 0 Å². The van der Waals surface area contributed by atoms with Crippen LogP contribution in [0.3, 0.4) is 0 Å². The zero-order chi connectivity index (χ0) is 15.1. The fourth-order valence-electron chi connectivity index (χ4n) is 1.80. The van der Waals surface area contributed by atoms with E-state index in [2.05, 4.69) is 5.32 Å². The number of carbonyl (C=O) groups excluding carboxylic acids is 2. The van der Waals surface area contributed by atoms with Crippen molar-refractivity contribution in [1.29, 1.82) is 0 Å². The van der Waals surface area contributed by atoms with E-state index in [0.29, 0.717) is 6.61 Å². The largest absolute Gasteiger partial charge is 0.465 e. The van der Waals surface area contributed by atoms with Gasteiger partial charge in [0.05, 0.1) is 19.7 Å². The molecule has 0 heterocycles. The maximum Gasteiger partial charge on any atom is 0.320 e. The molecule has 1 aromatic rings. The lowest BCUT2D eigenvalue weighted by molar-refractivity contribution is -0.144. The van der Waals surface area contributed by atoms with Crippen LogP contribution in [0.25, 0.3) is 0 Å². The van der Waals surface area contributed by atoms with Crippen LogP contribution in [0.15, 0.2) is 18.2 Å². The van der Waals surface area contributed by atoms with E-state index in [1.807, 2.05) is 32.0 Å². The van der Waals surface area contributed by atoms with Crippen molar-refractivity contribution in [1.82, 2.24) is 4.90 Å². The molecular weight excluding hydrogens is 256 g/mol. The van der Waals surface area contributed by atoms with Gasteiger partial charge in [-0.15, -0.1) is 0 Å². The molecule has 5 heteroatoms. The Balaban J connectivity index is 2.51. The van der Waals surface area contributed by atoms with Gasteiger partial charge in [-0.25, -0.2) is 0 Å². The van der Waals surface area contributed by atoms with Gasteiger partial charge in [0.2, 0.25) is 5.91 Å². The first-order valence-electron chi connectivity index (χ1n) is 6.64. The van der Waals surface area contributed by atoms with E-state index in [1.165, 1.54) is 0 Å². The molecule has 1 N–H and O–H groups in total. The van der Waals surface area contributed by atoms with Crippen molar-refractivity contribution in [2.24, 2.45) is 0 Å². The Morgan fingerprint density at radius 2 is 1.95 bits per heavy atom. The molecule has 20 heavy (non-hydrogen) atoms. The number of nitrogens with one attached hydrogen (secondary N) is 1. The molecule has 1 amide bonds. The number of rotatable bonds is 6. The number of nitrogens with zero attached hydrogens (tertiary/aromatic N) is 1. The van der Waals surface area contributed by atoms with E-state index in [-0.39, 0.29) is 25.0 Å². The van der Waals surface area contributed by atoms with E-state index < -0.39 is 0 Å². The highest BCUT2D eigenvalue weighted by atomic mass is 16.5. The zero-order valence-corrected chi connectivity index (χ0v) is 12.5. The molecule has 0 atom stereocenters. The first-order valence-corrected chi connectivity index (χ1v) is 6.64. The van der Waals surface area contributed by atoms with Gasteiger partial charge in [-0.1, -0.05) is 12.1 Å². The van der Waals surface area contributed by atoms with E-state index in [9.17, 15) is 9.59 Å². The summed E-state index contributed by atoms with van der Waals surface area (Å²) in [5.41, 5.74) is 2.98. The molecule has 0 bridgehead atoms. The molecule has 0 aliphatic rings. The smallest absolute Gasteiger partial charge is 0.320 e. The van der Waals surface area contributed by atoms with E-state index in [1.54, 1.807) is 18.9 Å². The van der Waals surface area contributed by atoms with Crippen molar-refractivity contribution >= 4 is 17.6 Å². The van der Waals surface area contributed by atoms with Gasteiger partial charge < -0.3 is 10.1 Å². The first-order chi connectivity index (χ1) is 9.43. The Labute approximate surface area is 119 Å². The summed E-state index contributed by atoms with van der Waals surface area (Å²) in [5, 5.41) is 2.85. The van der Waals surface area contributed by atoms with Crippen molar-refractivity contribution in [3.05, 3.63) is 29.3 Å². The number of ether oxygens (including phenoxy) is 1. The molecule has 0 saturated carbocycles. The standard InChI is InChI=1S/C15H22N2O3/c1-5-20-15(19)10-17(4)9-14(18)16-13-8-6-7-11(2)12(13)3/h6-8H,5,9-10H2,1-4H3,(H,16,18). The number of aryl methyl sites for hydroxylation is 1. The summed E-state index contributed by atoms with van der Waals surface area (Å²) in [4.78, 5) is 24.8. The summed E-state index contributed by atoms with van der Waals surface area (Å²) < 4.78 is 4.83. The Kier molecular flexibility index (Phi) is 6.18. The molecule has 1 rings (SSSR count). The SMILES string of the molecule is CCOC(=O)CN(C)CC(=O)Nc1cccc(C)c1C. The van der Waals surface area contributed by atoms with E-state index in [4.69, 9.17) is 4.74 Å². The van der Waals surface area contributed by atoms with Crippen LogP contribution < -0.4 is 5.32 Å². The number of likely N-dealkylation sites (N-methyl/N-ethyl adjacent to an activating group) is 1. The highest BCUT2D eigenvalue weighted by molar-refractivity contribution is 5.93. The van der Waals surface area contributed by atoms with Crippen LogP contribution >= 0.6 is 0 Å². The third-order valence-corrected chi connectivity index (χ3v) is 3.00. The van der Waals surface area contributed by atoms with Gasteiger partial charge in [-0.3, -0.25) is 14.5 Å². The van der Waals surface area contributed by atoms with Gasteiger partial charge >= 0.3 is 5.97 Å². The second-order valence-electron chi connectivity index (χ2n) is 4.77. The third-order valence-electron chi connectivity index (χ3n) is 3.00. The number of benzene rings is 1. The zero-order valence-electron chi connectivity index (χ0n) is 12.5. The van der Waals surface area contributed by atoms with Gasteiger partial charge in [0.25, 0.3) is 0 Å². The molecule has 1 aromatic carbocycles. The minimum Gasteiger partial charge on any atom is -0.465 e. The predicted molar refractivity (Wildman–Crippen MR) is 78.7 cm³/mol. The third kappa shape index (κ3) is 5.01. The van der Waals surface area contributed by atoms with Crippen molar-refractivity contribution in [2.45, 2.75) is 20.8 Å². The predicted octanol–water partition coefficient (Wildman–Crippen LogP) is 1.74. The quantitative estimate of drug-likeness (QED) is 0.805. The molecule has 0 saturated heterocycles. The van der Waals surface area contributed by atoms with Gasteiger partial charge in [0, 0.05) is 5.69 Å². The van der Waals surface area contributed by atoms with Crippen LogP contribution in [0.2, 0.25) is 0 Å². The minimum absolute atomic E-state index is 0.105. The fraction of sp³-hybridized carbons (Fsp3) is 0.467. The lowest BCUT2D eigenvalue weighted by Gasteiger charge is -2.16. The molecule has 5 nitrogen and oxygen atoms in total. The highest BCUT2D eigenvalue weighted by Crippen LogP contribution is 2.17. The van der Waals surface area contributed by atoms with Gasteiger partial charge in [0.15, 0.2) is 0 Å². The van der Waals surface area contributed by atoms with Crippen LogP contribution in [0.5, 0.6) is 0 Å². The molecule has 110 valence electrons. The maximum absolute atomic E-state index is 11.9. The Bertz CT molecular complexity index is 486. The number of hydrogen-bond acceptors (Lipinski definition) is 4. The summed E-state index contributed by atoms with van der Waals surface area (Å²) in [6.07, 6.45) is 0. The lowest BCUT2D eigenvalue weighted by atomic mass is 10.1. The molecule has 0 radical (unpaired) electrons. The second kappa shape index (κ2) is 7.65. The lowest BCUT2D eigenvalue weighted by Crippen LogP contribution is -2.34. The normalized spacial score (nSPS) is 10.4. The van der Waals surface area contributed by atoms with E-state index >= 15 is 0 Å². The summed E-state index contributed by atoms with van der Waals surface area (Å²) in [6.45, 7) is 6.32. The Hall–Kier alpha value is -1.88. The Morgan fingerprint density at radius 3 is 2.60 bits per heavy atom. The average molecular weight is 278 g/mol. The second-order valence-corrected chi connectivity index (χ2v) is 4.77. The molecule has 0 aliphatic heterocycles. The number of amides is 1. The molecule has 0 aliphatic carbocycles. The molecule has 0 unspecified atom stereocenters. The van der Waals surface area contributed by atoms with Gasteiger partial charge in [-0.05, 0) is 45.0 Å². The summed E-state index contributed by atoms with van der Waals surface area (Å²) in [5.74, 6) is -0.472. The monoisotopic (exact) mass is 278 g/mol. The molecule has 0 spiro atoms. The summed E-state index contributed by atoms with van der Waals surface area (Å²) >= 11 is 0. The number of carbonyl (C=O) groups is 2. The number of anilines is 1. The Morgan fingerprint density at radius 1 is 1.25 bits per heavy atom. The van der Waals surface area contributed by atoms with Crippen molar-refractivity contribution < 1.29 is 14.3 Å². The molecule has 0 fully saturated rings. The summed E-state index contributed by atoms with van der Waals surface area (Å²) in [6, 6.07) is 5.77. The molecule has 0 aromatic heterocycles. The fourth-order valence-corrected chi connectivity index (χ4v) is 1.80. The van der Waals surface area contributed by atoms with Crippen molar-refractivity contribution in [3.8, 4) is 0 Å². The number of hydrogen-bond donors (Lipinski definition) is 1. The van der Waals surface area contributed by atoms with Crippen LogP contribution in [0.4, 0.5) is 5.69 Å². The van der Waals surface area contributed by atoms with Crippen LogP contribution in [0, 0.1) is 13.8 Å². The van der Waals surface area contributed by atoms with Gasteiger partial charge in [0.1, 0.15) is 0 Å². The minimum atomic E-state index is -0.325. The van der Waals surface area contributed by atoms with Crippen LogP contribution in [-0.2, 0) is 14.3 Å². The maximum atomic E-state index is 11.9. The summed E-state index contributed by atoms with van der Waals surface area (Å²) in [7, 11) is 1.71. The van der Waals surface area contributed by atoms with E-state index in [0.717, 1.165) is 16.8 Å². The topological polar surface area (TPSA) is 58.6 Å².